The summed E-state index contributed by atoms with van der Waals surface area (Å²) in [6.07, 6.45) is 7.15. The Bertz CT molecular complexity index is 464. The van der Waals surface area contributed by atoms with Gasteiger partial charge >= 0.3 is 0 Å². The molecule has 88 valence electrons. The highest BCUT2D eigenvalue weighted by molar-refractivity contribution is 7.92. The normalized spacial score (nSPS) is 11.9. The Morgan fingerprint density at radius 2 is 2.12 bits per heavy atom. The fraction of sp³-hybridized carbons (Fsp3) is 0.333. The van der Waals surface area contributed by atoms with Gasteiger partial charge in [0.25, 0.3) is 0 Å². The molecule has 0 bridgehead atoms. The van der Waals surface area contributed by atoms with Crippen molar-refractivity contribution in [2.24, 2.45) is 0 Å². The minimum atomic E-state index is -3.18. The van der Waals surface area contributed by atoms with Crippen LogP contribution in [0.25, 0.3) is 0 Å². The van der Waals surface area contributed by atoms with Crippen LogP contribution in [0.3, 0.4) is 0 Å². The third-order valence-corrected chi connectivity index (χ3v) is 2.67. The van der Waals surface area contributed by atoms with Gasteiger partial charge in [0.1, 0.15) is 0 Å². The molecular formula is C12H17NO2S. The van der Waals surface area contributed by atoms with E-state index >= 15 is 0 Å². The van der Waals surface area contributed by atoms with E-state index in [-0.39, 0.29) is 0 Å². The molecule has 0 aromatic heterocycles. The first-order valence-corrected chi connectivity index (χ1v) is 7.08. The van der Waals surface area contributed by atoms with Crippen molar-refractivity contribution in [3.8, 4) is 0 Å². The molecule has 0 saturated carbocycles. The van der Waals surface area contributed by atoms with Crippen LogP contribution < -0.4 is 4.72 Å². The summed E-state index contributed by atoms with van der Waals surface area (Å²) in [5.74, 6) is 0. The molecule has 3 nitrogen and oxygen atoms in total. The van der Waals surface area contributed by atoms with E-state index in [1.54, 1.807) is 6.07 Å². The molecule has 0 unspecified atom stereocenters. The molecule has 0 heterocycles. The van der Waals surface area contributed by atoms with Gasteiger partial charge in [0.05, 0.1) is 6.26 Å². The van der Waals surface area contributed by atoms with Crippen molar-refractivity contribution in [3.63, 3.8) is 0 Å². The summed E-state index contributed by atoms with van der Waals surface area (Å²) in [7, 11) is -3.18. The number of sulfonamides is 1. The molecule has 0 spiro atoms. The molecular weight excluding hydrogens is 222 g/mol. The number of rotatable bonds is 5. The zero-order chi connectivity index (χ0) is 12.0. The second-order valence-electron chi connectivity index (χ2n) is 3.68. The predicted octanol–water partition coefficient (Wildman–Crippen LogP) is 2.57. The number of allylic oxidation sites excluding steroid dienone is 2. The molecule has 0 fully saturated rings. The van der Waals surface area contributed by atoms with Gasteiger partial charge < -0.3 is 0 Å². The molecule has 1 aromatic carbocycles. The van der Waals surface area contributed by atoms with Crippen LogP contribution >= 0.6 is 0 Å². The molecule has 0 aliphatic heterocycles. The van der Waals surface area contributed by atoms with Crippen LogP contribution in [0.15, 0.2) is 36.4 Å². The van der Waals surface area contributed by atoms with Crippen molar-refractivity contribution < 1.29 is 8.42 Å². The van der Waals surface area contributed by atoms with Gasteiger partial charge in [-0.2, -0.15) is 0 Å². The third kappa shape index (κ3) is 4.98. The second kappa shape index (κ2) is 5.70. The van der Waals surface area contributed by atoms with Gasteiger partial charge in [-0.3, -0.25) is 4.72 Å². The lowest BCUT2D eigenvalue weighted by Gasteiger charge is -2.05. The highest BCUT2D eigenvalue weighted by atomic mass is 32.2. The second-order valence-corrected chi connectivity index (χ2v) is 5.43. The van der Waals surface area contributed by atoms with Gasteiger partial charge in [0.2, 0.25) is 10.0 Å². The van der Waals surface area contributed by atoms with Crippen molar-refractivity contribution >= 4 is 15.7 Å². The van der Waals surface area contributed by atoms with Crippen molar-refractivity contribution in [1.29, 1.82) is 0 Å². The van der Waals surface area contributed by atoms with Gasteiger partial charge in [-0.05, 0) is 37.5 Å². The maximum absolute atomic E-state index is 11.1. The smallest absolute Gasteiger partial charge is 0.229 e. The first-order valence-electron chi connectivity index (χ1n) is 5.19. The molecule has 0 atom stereocenters. The highest BCUT2D eigenvalue weighted by Crippen LogP contribution is 2.13. The number of aryl methyl sites for hydroxylation is 1. The molecule has 4 heteroatoms. The van der Waals surface area contributed by atoms with Crippen molar-refractivity contribution in [3.05, 3.63) is 42.0 Å². The zero-order valence-electron chi connectivity index (χ0n) is 9.60. The van der Waals surface area contributed by atoms with E-state index < -0.39 is 10.0 Å². The van der Waals surface area contributed by atoms with Crippen molar-refractivity contribution in [2.45, 2.75) is 19.8 Å². The molecule has 0 aliphatic carbocycles. The molecule has 0 saturated heterocycles. The minimum absolute atomic E-state index is 0.625. The number of hydrogen-bond donors (Lipinski definition) is 1. The van der Waals surface area contributed by atoms with E-state index in [0.717, 1.165) is 24.7 Å². The van der Waals surface area contributed by atoms with Crippen molar-refractivity contribution in [1.82, 2.24) is 0 Å². The molecule has 0 radical (unpaired) electrons. The summed E-state index contributed by atoms with van der Waals surface area (Å²) in [5, 5.41) is 0. The largest absolute Gasteiger partial charge is 0.284 e. The van der Waals surface area contributed by atoms with Gasteiger partial charge in [0, 0.05) is 5.69 Å². The molecule has 0 aliphatic rings. The number of nitrogens with one attached hydrogen (secondary N) is 1. The fourth-order valence-corrected chi connectivity index (χ4v) is 1.98. The predicted molar refractivity (Wildman–Crippen MR) is 68.0 cm³/mol. The third-order valence-electron chi connectivity index (χ3n) is 2.07. The van der Waals surface area contributed by atoms with E-state index in [0.29, 0.717) is 5.69 Å². The Morgan fingerprint density at radius 1 is 1.38 bits per heavy atom. The lowest BCUT2D eigenvalue weighted by Crippen LogP contribution is -2.09. The van der Waals surface area contributed by atoms with Crippen LogP contribution in [0.5, 0.6) is 0 Å². The Balaban J connectivity index is 2.71. The van der Waals surface area contributed by atoms with Crippen LogP contribution in [0, 0.1) is 0 Å². The molecule has 0 amide bonds. The number of benzene rings is 1. The van der Waals surface area contributed by atoms with Gasteiger partial charge in [-0.1, -0.05) is 24.3 Å². The zero-order valence-corrected chi connectivity index (χ0v) is 10.4. The van der Waals surface area contributed by atoms with Gasteiger partial charge in [-0.15, -0.1) is 0 Å². The summed E-state index contributed by atoms with van der Waals surface area (Å²) >= 11 is 0. The van der Waals surface area contributed by atoms with E-state index in [4.69, 9.17) is 0 Å². The fourth-order valence-electron chi connectivity index (χ4n) is 1.42. The summed E-state index contributed by atoms with van der Waals surface area (Å²) in [4.78, 5) is 0. The molecule has 1 N–H and O–H groups in total. The Hall–Kier alpha value is -1.29. The highest BCUT2D eigenvalue weighted by Gasteiger charge is 2.01. The average molecular weight is 239 g/mol. The molecule has 1 aromatic rings. The quantitative estimate of drug-likeness (QED) is 0.803. The first-order chi connectivity index (χ1) is 7.51. The summed E-state index contributed by atoms with van der Waals surface area (Å²) in [6, 6.07) is 7.47. The van der Waals surface area contributed by atoms with Gasteiger partial charge in [-0.25, -0.2) is 8.42 Å². The van der Waals surface area contributed by atoms with Crippen molar-refractivity contribution in [2.75, 3.05) is 11.0 Å². The summed E-state index contributed by atoms with van der Waals surface area (Å²) in [6.45, 7) is 1.99. The van der Waals surface area contributed by atoms with Gasteiger partial charge in [0.15, 0.2) is 0 Å². The van der Waals surface area contributed by atoms with Crippen LogP contribution in [0.1, 0.15) is 18.9 Å². The standard InChI is InChI=1S/C12H17NO2S/c1-3-4-5-7-11-8-6-9-12(10-11)13-16(2,14)15/h3-4,6,8-10,13H,5,7H2,1-2H3/b4-3+. The maximum atomic E-state index is 11.1. The summed E-state index contributed by atoms with van der Waals surface area (Å²) < 4.78 is 24.6. The summed E-state index contributed by atoms with van der Waals surface area (Å²) in [5.41, 5.74) is 1.76. The van der Waals surface area contributed by atoms with E-state index in [2.05, 4.69) is 10.8 Å². The van der Waals surface area contributed by atoms with Crippen LogP contribution in [-0.2, 0) is 16.4 Å². The number of hydrogen-bond acceptors (Lipinski definition) is 2. The average Bonchev–Trinajstić information content (AvgIpc) is 2.16. The monoisotopic (exact) mass is 239 g/mol. The van der Waals surface area contributed by atoms with E-state index in [1.165, 1.54) is 0 Å². The van der Waals surface area contributed by atoms with Crippen LogP contribution in [-0.4, -0.2) is 14.7 Å². The Morgan fingerprint density at radius 3 is 2.75 bits per heavy atom. The molecule has 16 heavy (non-hydrogen) atoms. The Kier molecular flexibility index (Phi) is 4.55. The lowest BCUT2D eigenvalue weighted by molar-refractivity contribution is 0.607. The van der Waals surface area contributed by atoms with E-state index in [1.807, 2.05) is 31.2 Å². The maximum Gasteiger partial charge on any atom is 0.229 e. The Labute approximate surface area is 97.2 Å². The topological polar surface area (TPSA) is 46.2 Å². The number of anilines is 1. The SMILES string of the molecule is C/C=C/CCc1cccc(NS(C)(=O)=O)c1. The van der Waals surface area contributed by atoms with Crippen LogP contribution in [0.2, 0.25) is 0 Å². The van der Waals surface area contributed by atoms with Crippen LogP contribution in [0.4, 0.5) is 5.69 Å². The minimum Gasteiger partial charge on any atom is -0.284 e. The molecule has 1 rings (SSSR count). The lowest BCUT2D eigenvalue weighted by atomic mass is 10.1. The van der Waals surface area contributed by atoms with E-state index in [9.17, 15) is 8.42 Å². The first kappa shape index (κ1) is 12.8.